The second kappa shape index (κ2) is 87.9. The van der Waals surface area contributed by atoms with Crippen molar-refractivity contribution in [3.05, 3.63) is 0 Å². The van der Waals surface area contributed by atoms with Crippen molar-refractivity contribution in [2.24, 2.45) is 28.6 Å². The van der Waals surface area contributed by atoms with Crippen LogP contribution in [0.4, 0.5) is 0 Å². The van der Waals surface area contributed by atoms with Crippen molar-refractivity contribution in [1.29, 1.82) is 0 Å². The first-order chi connectivity index (χ1) is 57.4. The lowest BCUT2D eigenvalue weighted by Gasteiger charge is -2.16. The van der Waals surface area contributed by atoms with E-state index in [1.54, 1.807) is 0 Å². The zero-order valence-corrected chi connectivity index (χ0v) is 74.3. The molecule has 0 aromatic carbocycles. The van der Waals surface area contributed by atoms with Crippen molar-refractivity contribution in [1.82, 2.24) is 10.6 Å². The van der Waals surface area contributed by atoms with Gasteiger partial charge >= 0.3 is 11.9 Å². The third kappa shape index (κ3) is 93.4. The average molecular weight is 1750 g/mol. The summed E-state index contributed by atoms with van der Waals surface area (Å²) < 4.78 is 108. The molecule has 0 radical (unpaired) electrons. The molecule has 0 bridgehead atoms. The Labute approximate surface area is 719 Å². The van der Waals surface area contributed by atoms with E-state index in [1.165, 1.54) is 13.8 Å². The van der Waals surface area contributed by atoms with Gasteiger partial charge in [0.05, 0.1) is 230 Å². The lowest BCUT2D eigenvalue weighted by molar-refractivity contribution is -0.144. The standard InChI is InChI=1S/C35H68O14.C25H43NO10.C24H41NO10.CH4/c1-5-33(36)7-6-9-38-11-13-40-15-17-42-19-21-44-23-25-46-27-29-48-31-32-49-30-28-47-26-24-45-22-20-43-18-16-41-14-12-39-10-8-34(37)35(2,3)4;1-19(27)16-20(24(31)32)7-8-23(30)26-9-11-34-13-14-35-17-21(28)6-5-10-33-12-15-36-18-22(29)25(2,3)4;1-18(2)22(28)17-35-14-11-32-9-4-5-21(27)16-34-13-12-33-10-8-25-23(29)7-6-20(24(30)31)15-19(3)26;/h5-32H2,1-4H3;20H,5-18H2,1-4H3,(H,26,30)(H,31,32);18,20H,4-17H2,1-3H3,(H,25,29)(H,30,31);1H4/t;2*20-;/m.11./s1. The number of carboxylic acids is 2. The van der Waals surface area contributed by atoms with Gasteiger partial charge < -0.3 is 125 Å². The fourth-order valence-corrected chi connectivity index (χ4v) is 9.10. The molecule has 0 spiro atoms. The van der Waals surface area contributed by atoms with Gasteiger partial charge in [0.25, 0.3) is 0 Å². The zero-order chi connectivity index (χ0) is 89.8. The first kappa shape index (κ1) is 122. The number of carbonyl (C=O) groups excluding carboxylic acids is 10. The number of nitrogens with one attached hydrogen (secondary N) is 2. The molecule has 0 aliphatic heterocycles. The predicted octanol–water partition coefficient (Wildman–Crippen LogP) is 6.38. The molecule has 2 amide bonds. The average Bonchev–Trinajstić information content (AvgIpc) is 0.929. The molecule has 36 heteroatoms. The van der Waals surface area contributed by atoms with Gasteiger partial charge in [-0.05, 0) is 46.0 Å². The van der Waals surface area contributed by atoms with E-state index in [0.29, 0.717) is 243 Å². The fourth-order valence-electron chi connectivity index (χ4n) is 9.10. The largest absolute Gasteiger partial charge is 0.481 e. The Kier molecular flexibility index (Phi) is 88.4. The van der Waals surface area contributed by atoms with E-state index >= 15 is 0 Å². The zero-order valence-electron chi connectivity index (χ0n) is 74.3. The number of carbonyl (C=O) groups is 12. The molecule has 0 aliphatic rings. The van der Waals surface area contributed by atoms with E-state index in [-0.39, 0.29) is 195 Å². The minimum atomic E-state index is -1.08. The van der Waals surface area contributed by atoms with E-state index < -0.39 is 29.2 Å². The number of rotatable bonds is 88. The summed E-state index contributed by atoms with van der Waals surface area (Å²) in [6, 6.07) is 0. The molecule has 0 unspecified atom stereocenters. The van der Waals surface area contributed by atoms with Crippen LogP contribution in [0.5, 0.6) is 0 Å². The first-order valence-electron chi connectivity index (χ1n) is 42.1. The second-order valence-corrected chi connectivity index (χ2v) is 29.7. The number of hydrogen-bond acceptors (Lipinski definition) is 32. The maximum atomic E-state index is 11.8. The van der Waals surface area contributed by atoms with E-state index in [1.807, 2.05) is 62.3 Å². The molecule has 0 heterocycles. The maximum absolute atomic E-state index is 11.8. The molecular weight excluding hydrogens is 1590 g/mol. The summed E-state index contributed by atoms with van der Waals surface area (Å²) in [4.78, 5) is 137. The molecule has 0 aromatic heterocycles. The van der Waals surface area contributed by atoms with Crippen LogP contribution in [0.2, 0.25) is 0 Å². The maximum Gasteiger partial charge on any atom is 0.306 e. The van der Waals surface area contributed by atoms with E-state index in [9.17, 15) is 57.5 Å². The van der Waals surface area contributed by atoms with Gasteiger partial charge in [0.2, 0.25) is 11.8 Å². The number of Topliss-reactive ketones (excluding diaryl/α,β-unsaturated/α-hetero) is 8. The minimum Gasteiger partial charge on any atom is -0.481 e. The Morgan fingerprint density at radius 3 is 0.785 bits per heavy atom. The third-order valence-corrected chi connectivity index (χ3v) is 16.3. The molecule has 121 heavy (non-hydrogen) atoms. The SMILES string of the molecule is C.CC(=O)C[C@@H](CCC(=O)NCCOCCOCC(=O)CCCOCCOCC(=O)C(C)(C)C)C(=O)O.CC(=O)C[C@@H](CCC(=O)NCCOCCOCC(=O)CCCOCCOCC(=O)C(C)C)C(=O)O.CCC(=O)CCCOCCOCCOCCOCCOCCOCCOCCOCCOCCOCCOCCOCCC(=O)C(C)(C)C. The molecule has 0 rings (SSSR count). The number of carboxylic acid groups (broad SMARTS) is 2. The Morgan fingerprint density at radius 1 is 0.289 bits per heavy atom. The highest BCUT2D eigenvalue weighted by Crippen LogP contribution is 2.18. The molecular formula is C85H156N2O34. The molecule has 36 nitrogen and oxygen atoms in total. The van der Waals surface area contributed by atoms with Crippen LogP contribution in [0.25, 0.3) is 0 Å². The smallest absolute Gasteiger partial charge is 0.306 e. The normalized spacial score (nSPS) is 11.9. The summed E-state index contributed by atoms with van der Waals surface area (Å²) in [5, 5.41) is 23.3. The van der Waals surface area contributed by atoms with E-state index in [0.717, 1.165) is 6.42 Å². The van der Waals surface area contributed by atoms with Gasteiger partial charge in [-0.1, -0.05) is 69.7 Å². The third-order valence-electron chi connectivity index (χ3n) is 16.3. The highest BCUT2D eigenvalue weighted by molar-refractivity contribution is 5.86. The van der Waals surface area contributed by atoms with Crippen LogP contribution in [0.1, 0.15) is 173 Å². The Balaban J connectivity index is -0.000000862. The Hall–Kier alpha value is -5.56. The van der Waals surface area contributed by atoms with Gasteiger partial charge in [-0.3, -0.25) is 47.9 Å². The van der Waals surface area contributed by atoms with Crippen LogP contribution in [0, 0.1) is 28.6 Å². The molecule has 710 valence electrons. The number of ether oxygens (including phenoxy) is 20. The highest BCUT2D eigenvalue weighted by atomic mass is 16.6. The van der Waals surface area contributed by atoms with Crippen LogP contribution in [0.15, 0.2) is 0 Å². The Morgan fingerprint density at radius 2 is 0.529 bits per heavy atom. The number of hydrogen-bond donors (Lipinski definition) is 4. The van der Waals surface area contributed by atoms with Crippen molar-refractivity contribution < 1.29 is 162 Å². The lowest BCUT2D eigenvalue weighted by atomic mass is 9.89. The van der Waals surface area contributed by atoms with Gasteiger partial charge in [0.1, 0.15) is 49.6 Å². The summed E-state index contributed by atoms with van der Waals surface area (Å²) in [5.74, 6) is -4.48. The number of amides is 2. The summed E-state index contributed by atoms with van der Waals surface area (Å²) in [6.07, 6.45) is 4.28. The van der Waals surface area contributed by atoms with Crippen LogP contribution in [0.3, 0.4) is 0 Å². The van der Waals surface area contributed by atoms with Crippen molar-refractivity contribution >= 4 is 70.0 Å². The molecule has 0 saturated carbocycles. The Bertz CT molecular complexity index is 2590. The summed E-state index contributed by atoms with van der Waals surface area (Å²) in [7, 11) is 0. The van der Waals surface area contributed by atoms with Crippen molar-refractivity contribution in [2.75, 3.05) is 277 Å². The van der Waals surface area contributed by atoms with Crippen LogP contribution in [-0.2, 0) is 152 Å². The van der Waals surface area contributed by atoms with Crippen LogP contribution in [-0.4, -0.2) is 358 Å². The molecule has 2 atom stereocenters. The number of aliphatic carboxylic acids is 2. The molecule has 4 N–H and O–H groups in total. The van der Waals surface area contributed by atoms with Gasteiger partial charge in [-0.15, -0.1) is 0 Å². The lowest BCUT2D eigenvalue weighted by Crippen LogP contribution is -2.29. The quantitative estimate of drug-likeness (QED) is 0.0479. The number of ketones is 8. The summed E-state index contributed by atoms with van der Waals surface area (Å²) in [6.45, 7) is 35.8. The molecule has 0 aliphatic carbocycles. The fraction of sp³-hybridized carbons (Fsp3) is 0.859. The van der Waals surface area contributed by atoms with Crippen molar-refractivity contribution in [3.8, 4) is 0 Å². The first-order valence-corrected chi connectivity index (χ1v) is 42.1. The van der Waals surface area contributed by atoms with Gasteiger partial charge in [0, 0.05) is 107 Å². The summed E-state index contributed by atoms with van der Waals surface area (Å²) in [5.41, 5.74) is -0.731. The van der Waals surface area contributed by atoms with Gasteiger partial charge in [0.15, 0.2) is 23.1 Å². The van der Waals surface area contributed by atoms with Crippen LogP contribution >= 0.6 is 0 Å². The topological polar surface area (TPSA) is 454 Å². The van der Waals surface area contributed by atoms with Gasteiger partial charge in [-0.25, -0.2) is 0 Å². The monoisotopic (exact) mass is 1750 g/mol. The highest BCUT2D eigenvalue weighted by Gasteiger charge is 2.24. The van der Waals surface area contributed by atoms with E-state index in [2.05, 4.69) is 10.6 Å². The second-order valence-electron chi connectivity index (χ2n) is 29.7. The molecule has 0 saturated heterocycles. The van der Waals surface area contributed by atoms with Gasteiger partial charge in [-0.2, -0.15) is 0 Å². The molecule has 0 aromatic rings. The summed E-state index contributed by atoms with van der Waals surface area (Å²) >= 11 is 0. The minimum absolute atomic E-state index is 0. The van der Waals surface area contributed by atoms with E-state index in [4.69, 9.17) is 105 Å². The van der Waals surface area contributed by atoms with Crippen molar-refractivity contribution in [3.63, 3.8) is 0 Å². The van der Waals surface area contributed by atoms with Crippen LogP contribution < -0.4 is 10.6 Å². The van der Waals surface area contributed by atoms with Crippen molar-refractivity contribution in [2.45, 2.75) is 173 Å². The predicted molar refractivity (Wildman–Crippen MR) is 447 cm³/mol. The molecule has 0 fully saturated rings.